The van der Waals surface area contributed by atoms with E-state index in [9.17, 15) is 4.79 Å². The maximum absolute atomic E-state index is 13.4. The number of carbonyl (C=O) groups is 1. The number of ether oxygens (including phenoxy) is 1. The highest BCUT2D eigenvalue weighted by Crippen LogP contribution is 2.44. The van der Waals surface area contributed by atoms with Gasteiger partial charge in [0.2, 0.25) is 0 Å². The van der Waals surface area contributed by atoms with Crippen LogP contribution in [0.1, 0.15) is 83.5 Å². The lowest BCUT2D eigenvalue weighted by molar-refractivity contribution is -0.0690. The molecule has 1 unspecified atom stereocenters. The van der Waals surface area contributed by atoms with Crippen LogP contribution in [0.15, 0.2) is 30.3 Å². The van der Waals surface area contributed by atoms with Gasteiger partial charge < -0.3 is 9.64 Å². The van der Waals surface area contributed by atoms with E-state index in [1.165, 1.54) is 0 Å². The van der Waals surface area contributed by atoms with Crippen LogP contribution in [-0.2, 0) is 4.74 Å². The number of benzene rings is 1. The second-order valence-corrected chi connectivity index (χ2v) is 7.77. The van der Waals surface area contributed by atoms with Gasteiger partial charge in [0.05, 0.1) is 11.6 Å². The summed E-state index contributed by atoms with van der Waals surface area (Å²) in [5.74, 6) is 0.649. The van der Waals surface area contributed by atoms with Crippen molar-refractivity contribution in [2.24, 2.45) is 5.92 Å². The van der Waals surface area contributed by atoms with Crippen LogP contribution >= 0.6 is 0 Å². The van der Waals surface area contributed by atoms with Gasteiger partial charge in [-0.2, -0.15) is 0 Å². The third-order valence-electron chi connectivity index (χ3n) is 5.27. The van der Waals surface area contributed by atoms with Gasteiger partial charge in [-0.1, -0.05) is 65.7 Å². The van der Waals surface area contributed by atoms with E-state index in [1.807, 2.05) is 30.3 Å². The molecule has 0 saturated carbocycles. The lowest BCUT2D eigenvalue weighted by Crippen LogP contribution is -2.49. The Morgan fingerprint density at radius 3 is 2.20 bits per heavy atom. The number of rotatable bonds is 8. The average molecular weight is 346 g/mol. The zero-order valence-electron chi connectivity index (χ0n) is 16.6. The number of hydrogen-bond donors (Lipinski definition) is 0. The molecule has 1 aromatic carbocycles. The summed E-state index contributed by atoms with van der Waals surface area (Å²) in [5, 5.41) is 0. The van der Waals surface area contributed by atoms with Gasteiger partial charge in [-0.15, -0.1) is 0 Å². The molecule has 0 spiro atoms. The molecule has 0 bridgehead atoms. The fourth-order valence-electron chi connectivity index (χ4n) is 4.34. The van der Waals surface area contributed by atoms with Crippen LogP contribution in [0.4, 0.5) is 0 Å². The van der Waals surface area contributed by atoms with Crippen LogP contribution in [0.5, 0.6) is 0 Å². The van der Waals surface area contributed by atoms with Crippen molar-refractivity contribution in [3.05, 3.63) is 35.9 Å². The molecule has 0 N–H and O–H groups in total. The monoisotopic (exact) mass is 345 g/mol. The SMILES string of the molecule is CCCC1(CCC)OC(CC)N(C(=O)c2ccccc2)[C@H]1CC(C)C. The molecule has 1 aromatic rings. The summed E-state index contributed by atoms with van der Waals surface area (Å²) in [4.78, 5) is 15.4. The first-order valence-corrected chi connectivity index (χ1v) is 10.0. The summed E-state index contributed by atoms with van der Waals surface area (Å²) in [6.45, 7) is 11.0. The minimum Gasteiger partial charge on any atom is -0.350 e. The van der Waals surface area contributed by atoms with Crippen LogP contribution in [0, 0.1) is 5.92 Å². The number of nitrogens with zero attached hydrogens (tertiary/aromatic N) is 1. The van der Waals surface area contributed by atoms with Crippen molar-refractivity contribution in [1.82, 2.24) is 4.90 Å². The van der Waals surface area contributed by atoms with Crippen molar-refractivity contribution in [2.75, 3.05) is 0 Å². The van der Waals surface area contributed by atoms with E-state index in [-0.39, 0.29) is 23.8 Å². The molecule has 2 rings (SSSR count). The highest BCUT2D eigenvalue weighted by Gasteiger charge is 2.53. The molecular formula is C22H35NO2. The summed E-state index contributed by atoms with van der Waals surface area (Å²) in [5.41, 5.74) is 0.570. The lowest BCUT2D eigenvalue weighted by atomic mass is 9.81. The molecule has 1 heterocycles. The summed E-state index contributed by atoms with van der Waals surface area (Å²) >= 11 is 0. The molecule has 3 heteroatoms. The first-order valence-electron chi connectivity index (χ1n) is 10.0. The van der Waals surface area contributed by atoms with Crippen LogP contribution in [0.2, 0.25) is 0 Å². The van der Waals surface area contributed by atoms with Crippen LogP contribution < -0.4 is 0 Å². The first-order chi connectivity index (χ1) is 12.0. The van der Waals surface area contributed by atoms with E-state index in [0.29, 0.717) is 5.92 Å². The van der Waals surface area contributed by atoms with Gasteiger partial charge in [0.1, 0.15) is 6.23 Å². The normalized spacial score (nSPS) is 22.6. The summed E-state index contributed by atoms with van der Waals surface area (Å²) in [6, 6.07) is 9.83. The molecule has 0 aromatic heterocycles. The summed E-state index contributed by atoms with van der Waals surface area (Å²) in [7, 11) is 0. The van der Waals surface area contributed by atoms with Crippen molar-refractivity contribution in [3.8, 4) is 0 Å². The molecule has 3 nitrogen and oxygen atoms in total. The third-order valence-corrected chi connectivity index (χ3v) is 5.27. The van der Waals surface area contributed by atoms with E-state index in [2.05, 4.69) is 39.5 Å². The third kappa shape index (κ3) is 4.25. The van der Waals surface area contributed by atoms with Gasteiger partial charge in [-0.25, -0.2) is 0 Å². The topological polar surface area (TPSA) is 29.5 Å². The average Bonchev–Trinajstić information content (AvgIpc) is 2.89. The highest BCUT2D eigenvalue weighted by molar-refractivity contribution is 5.94. The predicted molar refractivity (Wildman–Crippen MR) is 104 cm³/mol. The molecule has 1 aliphatic heterocycles. The minimum absolute atomic E-state index is 0.116. The van der Waals surface area contributed by atoms with Gasteiger partial charge in [-0.3, -0.25) is 4.79 Å². The maximum Gasteiger partial charge on any atom is 0.256 e. The highest BCUT2D eigenvalue weighted by atomic mass is 16.5. The Kier molecular flexibility index (Phi) is 7.06. The van der Waals surface area contributed by atoms with Gasteiger partial charge in [0.15, 0.2) is 0 Å². The quantitative estimate of drug-likeness (QED) is 0.609. The van der Waals surface area contributed by atoms with Crippen molar-refractivity contribution in [3.63, 3.8) is 0 Å². The molecule has 2 atom stereocenters. The van der Waals surface area contributed by atoms with Crippen molar-refractivity contribution in [2.45, 2.75) is 91.0 Å². The fraction of sp³-hybridized carbons (Fsp3) is 0.682. The van der Waals surface area contributed by atoms with E-state index in [0.717, 1.165) is 44.1 Å². The molecule has 0 radical (unpaired) electrons. The summed E-state index contributed by atoms with van der Waals surface area (Å²) in [6.07, 6.45) is 5.92. The van der Waals surface area contributed by atoms with E-state index in [1.54, 1.807) is 0 Å². The summed E-state index contributed by atoms with van der Waals surface area (Å²) < 4.78 is 6.65. The largest absolute Gasteiger partial charge is 0.350 e. The second-order valence-electron chi connectivity index (χ2n) is 7.77. The zero-order valence-corrected chi connectivity index (χ0v) is 16.6. The molecule has 1 fully saturated rings. The lowest BCUT2D eigenvalue weighted by Gasteiger charge is -2.37. The Labute approximate surface area is 153 Å². The zero-order chi connectivity index (χ0) is 18.4. The number of carbonyl (C=O) groups excluding carboxylic acids is 1. The van der Waals surface area contributed by atoms with E-state index in [4.69, 9.17) is 4.74 Å². The Bertz CT molecular complexity index is 534. The van der Waals surface area contributed by atoms with Gasteiger partial charge >= 0.3 is 0 Å². The van der Waals surface area contributed by atoms with Crippen LogP contribution in [-0.4, -0.2) is 28.7 Å². The molecule has 140 valence electrons. The van der Waals surface area contributed by atoms with Crippen molar-refractivity contribution in [1.29, 1.82) is 0 Å². The molecule has 1 amide bonds. The number of hydrogen-bond acceptors (Lipinski definition) is 2. The molecule has 1 aliphatic rings. The van der Waals surface area contributed by atoms with Crippen molar-refractivity contribution < 1.29 is 9.53 Å². The van der Waals surface area contributed by atoms with E-state index >= 15 is 0 Å². The Morgan fingerprint density at radius 2 is 1.72 bits per heavy atom. The van der Waals surface area contributed by atoms with Gasteiger partial charge in [-0.05, 0) is 43.7 Å². The Morgan fingerprint density at radius 1 is 1.12 bits per heavy atom. The van der Waals surface area contributed by atoms with E-state index < -0.39 is 0 Å². The molecular weight excluding hydrogens is 310 g/mol. The van der Waals surface area contributed by atoms with Crippen molar-refractivity contribution >= 4 is 5.91 Å². The molecule has 1 saturated heterocycles. The standard InChI is InChI=1S/C22H35NO2/c1-6-14-22(15-7-2)19(16-17(4)5)23(20(8-3)25-22)21(24)18-12-10-9-11-13-18/h9-13,17,19-20H,6-8,14-16H2,1-5H3/t19-,20?/m0/s1. The molecule has 0 aliphatic carbocycles. The fourth-order valence-corrected chi connectivity index (χ4v) is 4.34. The van der Waals surface area contributed by atoms with Crippen LogP contribution in [0.25, 0.3) is 0 Å². The first kappa shape index (κ1) is 20.0. The number of amides is 1. The van der Waals surface area contributed by atoms with Gasteiger partial charge in [0, 0.05) is 5.56 Å². The molecule has 25 heavy (non-hydrogen) atoms. The second kappa shape index (κ2) is 8.84. The smallest absolute Gasteiger partial charge is 0.256 e. The Balaban J connectivity index is 2.44. The Hall–Kier alpha value is -1.35. The van der Waals surface area contributed by atoms with Crippen LogP contribution in [0.3, 0.4) is 0 Å². The maximum atomic E-state index is 13.4. The minimum atomic E-state index is -0.196. The van der Waals surface area contributed by atoms with Gasteiger partial charge in [0.25, 0.3) is 5.91 Å². The predicted octanol–water partition coefficient (Wildman–Crippen LogP) is 5.65.